The van der Waals surface area contributed by atoms with Gasteiger partial charge in [-0.05, 0) is 19.9 Å². The predicted octanol–water partition coefficient (Wildman–Crippen LogP) is 1.43. The summed E-state index contributed by atoms with van der Waals surface area (Å²) in [4.78, 5) is 2.28. The van der Waals surface area contributed by atoms with Gasteiger partial charge in [-0.3, -0.25) is 4.90 Å². The summed E-state index contributed by atoms with van der Waals surface area (Å²) in [6, 6.07) is 0.740. The van der Waals surface area contributed by atoms with Crippen LogP contribution in [0.2, 0.25) is 0 Å². The van der Waals surface area contributed by atoms with Crippen LogP contribution in [-0.2, 0) is 21.2 Å². The number of hydrogen-bond acceptors (Lipinski definition) is 5. The molecule has 0 saturated carbocycles. The van der Waals surface area contributed by atoms with Gasteiger partial charge < -0.3 is 4.52 Å². The Balaban J connectivity index is 2.03. The van der Waals surface area contributed by atoms with Crippen molar-refractivity contribution in [1.82, 2.24) is 10.1 Å². The first-order chi connectivity index (χ1) is 7.96. The van der Waals surface area contributed by atoms with Gasteiger partial charge in [-0.15, -0.1) is 0 Å². The monoisotopic (exact) mass is 276 g/mol. The van der Waals surface area contributed by atoms with E-state index in [4.69, 9.17) is 15.2 Å². The van der Waals surface area contributed by atoms with Gasteiger partial charge in [0.05, 0.1) is 0 Å². The minimum absolute atomic E-state index is 0.239. The van der Waals surface area contributed by atoms with Crippen molar-refractivity contribution in [3.63, 3.8) is 0 Å². The molecule has 1 fully saturated rings. The van der Waals surface area contributed by atoms with Crippen LogP contribution in [0.3, 0.4) is 0 Å². The number of hydrogen-bond donors (Lipinski definition) is 0. The van der Waals surface area contributed by atoms with Gasteiger partial charge in [0.2, 0.25) is 9.05 Å². The van der Waals surface area contributed by atoms with Gasteiger partial charge in [0, 0.05) is 34.8 Å². The number of nitrogens with zero attached hydrogens (tertiary/aromatic N) is 2. The van der Waals surface area contributed by atoms with E-state index in [1.165, 1.54) is 0 Å². The fraction of sp³-hybridized carbons (Fsp3) is 0.700. The molecular formula is C10H13ClN2O3S. The topological polar surface area (TPSA) is 63.4 Å². The average molecular weight is 277 g/mol. The lowest BCUT2D eigenvalue weighted by atomic mass is 9.99. The van der Waals surface area contributed by atoms with Gasteiger partial charge in [-0.25, -0.2) is 8.42 Å². The smallest absolute Gasteiger partial charge is 0.238 e. The fourth-order valence-electron chi connectivity index (χ4n) is 2.98. The SMILES string of the molecule is CN1C2CCC1c1c(CS(=O)(=O)Cl)noc1C2. The van der Waals surface area contributed by atoms with Crippen LogP contribution in [0.5, 0.6) is 0 Å². The molecule has 0 radical (unpaired) electrons. The van der Waals surface area contributed by atoms with Crippen molar-refractivity contribution in [3.8, 4) is 0 Å². The predicted molar refractivity (Wildman–Crippen MR) is 62.2 cm³/mol. The van der Waals surface area contributed by atoms with Crippen LogP contribution in [0.1, 0.15) is 35.9 Å². The number of fused-ring (bicyclic) bond motifs is 4. The van der Waals surface area contributed by atoms with Crippen LogP contribution in [0.15, 0.2) is 4.52 Å². The second-order valence-electron chi connectivity index (χ2n) is 4.77. The molecule has 1 saturated heterocycles. The summed E-state index contributed by atoms with van der Waals surface area (Å²) in [7, 11) is 3.76. The Bertz CT molecular complexity index is 554. The maximum atomic E-state index is 11.1. The summed E-state index contributed by atoms with van der Waals surface area (Å²) in [6.07, 6.45) is 2.97. The van der Waals surface area contributed by atoms with Crippen molar-refractivity contribution < 1.29 is 12.9 Å². The Morgan fingerprint density at radius 2 is 2.29 bits per heavy atom. The fourth-order valence-corrected chi connectivity index (χ4v) is 3.83. The number of aromatic nitrogens is 1. The van der Waals surface area contributed by atoms with Crippen molar-refractivity contribution in [2.24, 2.45) is 0 Å². The summed E-state index contributed by atoms with van der Waals surface area (Å²) < 4.78 is 27.5. The molecule has 17 heavy (non-hydrogen) atoms. The minimum Gasteiger partial charge on any atom is -0.361 e. The molecule has 1 aromatic rings. The highest BCUT2D eigenvalue weighted by Gasteiger charge is 2.42. The maximum absolute atomic E-state index is 11.1. The van der Waals surface area contributed by atoms with E-state index < -0.39 is 9.05 Å². The molecule has 1 aromatic heterocycles. The molecule has 2 atom stereocenters. The molecule has 2 unspecified atom stereocenters. The number of halogens is 1. The third-order valence-corrected chi connectivity index (χ3v) is 4.73. The van der Waals surface area contributed by atoms with E-state index in [9.17, 15) is 8.42 Å². The lowest BCUT2D eigenvalue weighted by molar-refractivity contribution is 0.206. The molecule has 0 amide bonds. The van der Waals surface area contributed by atoms with Crippen LogP contribution in [0, 0.1) is 0 Å². The first-order valence-electron chi connectivity index (χ1n) is 5.57. The van der Waals surface area contributed by atoms with Crippen molar-refractivity contribution in [3.05, 3.63) is 17.0 Å². The van der Waals surface area contributed by atoms with Crippen LogP contribution in [-0.4, -0.2) is 31.6 Å². The van der Waals surface area contributed by atoms with Gasteiger partial charge in [0.25, 0.3) is 0 Å². The molecule has 3 rings (SSSR count). The molecule has 5 nitrogen and oxygen atoms in total. The largest absolute Gasteiger partial charge is 0.361 e. The van der Waals surface area contributed by atoms with Crippen LogP contribution in [0.25, 0.3) is 0 Å². The Hall–Kier alpha value is -0.590. The van der Waals surface area contributed by atoms with Crippen LogP contribution in [0.4, 0.5) is 0 Å². The second-order valence-corrected chi connectivity index (χ2v) is 7.54. The Morgan fingerprint density at radius 1 is 1.53 bits per heavy atom. The molecule has 2 aliphatic heterocycles. The van der Waals surface area contributed by atoms with Gasteiger partial charge in [-0.2, -0.15) is 0 Å². The molecule has 2 aliphatic rings. The van der Waals surface area contributed by atoms with Gasteiger partial charge in [0.1, 0.15) is 17.2 Å². The van der Waals surface area contributed by atoms with Gasteiger partial charge in [0.15, 0.2) is 0 Å². The second kappa shape index (κ2) is 3.70. The van der Waals surface area contributed by atoms with Crippen molar-refractivity contribution >= 4 is 19.7 Å². The normalized spacial score (nSPS) is 28.4. The third kappa shape index (κ3) is 1.88. The van der Waals surface area contributed by atoms with Crippen molar-refractivity contribution in [2.75, 3.05) is 7.05 Å². The quantitative estimate of drug-likeness (QED) is 0.765. The Kier molecular flexibility index (Phi) is 2.50. The minimum atomic E-state index is -3.58. The van der Waals surface area contributed by atoms with Crippen LogP contribution < -0.4 is 0 Å². The molecule has 0 aromatic carbocycles. The lowest BCUT2D eigenvalue weighted by Gasteiger charge is -2.30. The first-order valence-corrected chi connectivity index (χ1v) is 8.05. The number of likely N-dealkylation sites (N-methyl/N-ethyl adjacent to an activating group) is 1. The van der Waals surface area contributed by atoms with E-state index in [1.54, 1.807) is 0 Å². The summed E-state index contributed by atoms with van der Waals surface area (Å²) in [5, 5.41) is 3.87. The van der Waals surface area contributed by atoms with E-state index in [-0.39, 0.29) is 11.8 Å². The highest BCUT2D eigenvalue weighted by Crippen LogP contribution is 2.44. The van der Waals surface area contributed by atoms with Crippen molar-refractivity contribution in [2.45, 2.75) is 37.1 Å². The molecule has 0 spiro atoms. The zero-order valence-corrected chi connectivity index (χ0v) is 11.0. The van der Waals surface area contributed by atoms with E-state index in [0.717, 1.165) is 30.6 Å². The molecule has 0 N–H and O–H groups in total. The summed E-state index contributed by atoms with van der Waals surface area (Å²) in [5.74, 6) is 0.591. The van der Waals surface area contributed by atoms with Gasteiger partial charge in [-0.1, -0.05) is 5.16 Å². The molecule has 7 heteroatoms. The van der Waals surface area contributed by atoms with Crippen LogP contribution >= 0.6 is 10.7 Å². The summed E-state index contributed by atoms with van der Waals surface area (Å²) in [6.45, 7) is 0. The van der Waals surface area contributed by atoms with Crippen molar-refractivity contribution in [1.29, 1.82) is 0 Å². The zero-order valence-electron chi connectivity index (χ0n) is 9.39. The summed E-state index contributed by atoms with van der Waals surface area (Å²) in [5.41, 5.74) is 1.43. The van der Waals surface area contributed by atoms with E-state index in [1.807, 2.05) is 0 Å². The molecule has 94 valence electrons. The van der Waals surface area contributed by atoms with E-state index in [2.05, 4.69) is 17.1 Å². The van der Waals surface area contributed by atoms with Gasteiger partial charge >= 0.3 is 0 Å². The maximum Gasteiger partial charge on any atom is 0.238 e. The highest BCUT2D eigenvalue weighted by molar-refractivity contribution is 8.13. The molecule has 3 heterocycles. The number of rotatable bonds is 2. The lowest BCUT2D eigenvalue weighted by Crippen LogP contribution is -2.33. The standard InChI is InChI=1S/C10H13ClN2O3S/c1-13-6-2-3-8(13)10-7(5-17(11,14)15)12-16-9(10)4-6/h6,8H,2-5H2,1H3. The Morgan fingerprint density at radius 3 is 3.00 bits per heavy atom. The van der Waals surface area contributed by atoms with E-state index >= 15 is 0 Å². The average Bonchev–Trinajstić information content (AvgIpc) is 2.68. The molecule has 2 bridgehead atoms. The zero-order chi connectivity index (χ0) is 12.2. The first kappa shape index (κ1) is 11.5. The molecular weight excluding hydrogens is 264 g/mol. The highest BCUT2D eigenvalue weighted by atomic mass is 35.7. The van der Waals surface area contributed by atoms with E-state index in [0.29, 0.717) is 11.7 Å². The third-order valence-electron chi connectivity index (χ3n) is 3.78. The summed E-state index contributed by atoms with van der Waals surface area (Å²) >= 11 is 0. The molecule has 0 aliphatic carbocycles. The Labute approximate surface area is 104 Å².